The summed E-state index contributed by atoms with van der Waals surface area (Å²) in [7, 11) is -6.39. The smallest absolute Gasteiger partial charge is 0.294 e. The molecule has 1 aromatic heterocycles. The molecule has 6 rings (SSSR count). The zero-order chi connectivity index (χ0) is 27.8. The summed E-state index contributed by atoms with van der Waals surface area (Å²) >= 11 is 0. The maximum atomic E-state index is 10.9. The molecule has 0 saturated carbocycles. The molecule has 0 fully saturated rings. The summed E-state index contributed by atoms with van der Waals surface area (Å²) in [6, 6.07) is 27.0. The summed E-state index contributed by atoms with van der Waals surface area (Å²) in [5, 5.41) is 2.28. The van der Waals surface area contributed by atoms with E-state index in [0.29, 0.717) is 10.8 Å². The number of likely N-dealkylation sites (N-methyl/N-ethyl adjacent to an activating group) is 1. The standard InChI is InChI=1S/C19H20N2.C10H8O6S2/c1-20-12-11-19-17(14-20)16-9-5-6-10-18(16)21(19)13-15-7-3-2-4-8-15;11-17(12,13)9-3-1-7-5-10(18(14,15)16)4-2-8(7)6-9/h2-10H,11-14H2,1H3;1-6H,(H,11,12,13)(H,14,15,16). The van der Waals surface area contributed by atoms with Crippen LogP contribution in [0.15, 0.2) is 101 Å². The highest BCUT2D eigenvalue weighted by Crippen LogP contribution is 2.31. The second-order valence-corrected chi connectivity index (χ2v) is 12.5. The van der Waals surface area contributed by atoms with E-state index in [2.05, 4.69) is 71.1 Å². The molecule has 0 unspecified atom stereocenters. The van der Waals surface area contributed by atoms with E-state index in [9.17, 15) is 16.8 Å². The molecule has 0 spiro atoms. The average Bonchev–Trinajstić information content (AvgIpc) is 3.20. The molecular formula is C29H28N2O6S2. The number of fused-ring (bicyclic) bond motifs is 4. The van der Waals surface area contributed by atoms with Crippen LogP contribution in [0, 0.1) is 0 Å². The van der Waals surface area contributed by atoms with Gasteiger partial charge < -0.3 is 9.47 Å². The Kier molecular flexibility index (Phi) is 7.32. The van der Waals surface area contributed by atoms with Crippen molar-refractivity contribution in [3.05, 3.63) is 108 Å². The van der Waals surface area contributed by atoms with Gasteiger partial charge in [0.15, 0.2) is 0 Å². The van der Waals surface area contributed by atoms with Crippen molar-refractivity contribution in [2.75, 3.05) is 13.6 Å². The van der Waals surface area contributed by atoms with Crippen molar-refractivity contribution >= 4 is 41.9 Å². The number of nitrogens with zero attached hydrogens (tertiary/aromatic N) is 2. The van der Waals surface area contributed by atoms with Gasteiger partial charge in [0.25, 0.3) is 20.2 Å². The van der Waals surface area contributed by atoms with Crippen molar-refractivity contribution in [1.82, 2.24) is 9.47 Å². The van der Waals surface area contributed by atoms with Crippen LogP contribution in [0.4, 0.5) is 0 Å². The predicted molar refractivity (Wildman–Crippen MR) is 151 cm³/mol. The van der Waals surface area contributed by atoms with Crippen LogP contribution in [-0.4, -0.2) is 49.0 Å². The van der Waals surface area contributed by atoms with Crippen molar-refractivity contribution in [1.29, 1.82) is 0 Å². The minimum absolute atomic E-state index is 0.283. The molecule has 0 atom stereocenters. The molecular weight excluding hydrogens is 536 g/mol. The average molecular weight is 565 g/mol. The van der Waals surface area contributed by atoms with Crippen LogP contribution >= 0.6 is 0 Å². The van der Waals surface area contributed by atoms with Gasteiger partial charge in [-0.3, -0.25) is 9.11 Å². The number of rotatable bonds is 4. The zero-order valence-electron chi connectivity index (χ0n) is 21.2. The first-order valence-corrected chi connectivity index (χ1v) is 15.2. The second-order valence-electron chi connectivity index (χ2n) is 9.62. The normalized spacial score (nSPS) is 14.1. The lowest BCUT2D eigenvalue weighted by Gasteiger charge is -2.24. The summed E-state index contributed by atoms with van der Waals surface area (Å²) in [5.41, 5.74) is 5.80. The van der Waals surface area contributed by atoms with Crippen molar-refractivity contribution in [2.45, 2.75) is 29.3 Å². The predicted octanol–water partition coefficient (Wildman–Crippen LogP) is 5.01. The molecule has 0 bridgehead atoms. The number of aromatic nitrogens is 1. The fourth-order valence-corrected chi connectivity index (χ4v) is 6.04. The van der Waals surface area contributed by atoms with Crippen molar-refractivity contribution in [2.24, 2.45) is 0 Å². The van der Waals surface area contributed by atoms with Gasteiger partial charge in [-0.1, -0.05) is 60.7 Å². The van der Waals surface area contributed by atoms with Gasteiger partial charge >= 0.3 is 0 Å². The molecule has 0 amide bonds. The Morgan fingerprint density at radius 1 is 0.744 bits per heavy atom. The molecule has 4 aromatic carbocycles. The fourth-order valence-electron chi connectivity index (χ4n) is 5.01. The monoisotopic (exact) mass is 564 g/mol. The van der Waals surface area contributed by atoms with Crippen molar-refractivity contribution in [3.63, 3.8) is 0 Å². The van der Waals surface area contributed by atoms with Gasteiger partial charge in [-0.2, -0.15) is 16.8 Å². The molecule has 5 aromatic rings. The highest BCUT2D eigenvalue weighted by atomic mass is 32.2. The Balaban J connectivity index is 0.000000160. The molecule has 0 radical (unpaired) electrons. The highest BCUT2D eigenvalue weighted by Gasteiger charge is 2.22. The molecule has 0 aliphatic carbocycles. The lowest BCUT2D eigenvalue weighted by atomic mass is 10.1. The second kappa shape index (κ2) is 10.6. The molecule has 2 N–H and O–H groups in total. The van der Waals surface area contributed by atoms with Crippen LogP contribution in [0.5, 0.6) is 0 Å². The van der Waals surface area contributed by atoms with E-state index in [1.165, 1.54) is 52.0 Å². The summed E-state index contributed by atoms with van der Waals surface area (Å²) in [6.45, 7) is 3.19. The Morgan fingerprint density at radius 3 is 1.90 bits per heavy atom. The van der Waals surface area contributed by atoms with Crippen LogP contribution in [-0.2, 0) is 39.7 Å². The van der Waals surface area contributed by atoms with E-state index in [4.69, 9.17) is 9.11 Å². The highest BCUT2D eigenvalue weighted by molar-refractivity contribution is 7.86. The minimum atomic E-state index is -4.30. The molecule has 1 aliphatic rings. The third-order valence-electron chi connectivity index (χ3n) is 6.91. The molecule has 202 valence electrons. The Bertz CT molecular complexity index is 1810. The quantitative estimate of drug-likeness (QED) is 0.295. The minimum Gasteiger partial charge on any atom is -0.340 e. The van der Waals surface area contributed by atoms with E-state index in [-0.39, 0.29) is 9.79 Å². The Hall–Kier alpha value is -3.54. The van der Waals surface area contributed by atoms with Crippen LogP contribution in [0.25, 0.3) is 21.7 Å². The van der Waals surface area contributed by atoms with Crippen molar-refractivity contribution in [3.8, 4) is 0 Å². The first-order valence-electron chi connectivity index (χ1n) is 12.3. The first-order chi connectivity index (χ1) is 18.5. The van der Waals surface area contributed by atoms with Crippen molar-refractivity contribution < 1.29 is 25.9 Å². The summed E-state index contributed by atoms with van der Waals surface area (Å²) in [5.74, 6) is 0. The molecule has 10 heteroatoms. The van der Waals surface area contributed by atoms with Crippen LogP contribution in [0.2, 0.25) is 0 Å². The van der Waals surface area contributed by atoms with E-state index in [1.54, 1.807) is 0 Å². The summed E-state index contributed by atoms with van der Waals surface area (Å²) in [6.07, 6.45) is 1.15. The van der Waals surface area contributed by atoms with E-state index < -0.39 is 20.2 Å². The largest absolute Gasteiger partial charge is 0.340 e. The van der Waals surface area contributed by atoms with Gasteiger partial charge in [0.1, 0.15) is 0 Å². The number of benzene rings is 4. The maximum Gasteiger partial charge on any atom is 0.294 e. The van der Waals surface area contributed by atoms with E-state index >= 15 is 0 Å². The SMILES string of the molecule is CN1CCc2c(c3ccccc3n2Cc2ccccc2)C1.O=S(=O)(O)c1ccc2cc(S(=O)(=O)O)ccc2c1. The van der Waals surface area contributed by atoms with Gasteiger partial charge in [0.05, 0.1) is 9.79 Å². The van der Waals surface area contributed by atoms with Crippen LogP contribution in [0.3, 0.4) is 0 Å². The topological polar surface area (TPSA) is 117 Å². The third-order valence-corrected chi connectivity index (χ3v) is 8.61. The third kappa shape index (κ3) is 5.90. The number of hydrogen-bond donors (Lipinski definition) is 2. The Morgan fingerprint density at radius 2 is 1.31 bits per heavy atom. The summed E-state index contributed by atoms with van der Waals surface area (Å²) < 4.78 is 63.9. The lowest BCUT2D eigenvalue weighted by molar-refractivity contribution is 0.310. The Labute approximate surface area is 227 Å². The molecule has 8 nitrogen and oxygen atoms in total. The van der Waals surface area contributed by atoms with Crippen LogP contribution in [0.1, 0.15) is 16.8 Å². The molecule has 0 saturated heterocycles. The fraction of sp³-hybridized carbons (Fsp3) is 0.172. The molecule has 1 aliphatic heterocycles. The maximum absolute atomic E-state index is 10.9. The lowest BCUT2D eigenvalue weighted by Crippen LogP contribution is -2.27. The molecule has 39 heavy (non-hydrogen) atoms. The van der Waals surface area contributed by atoms with Gasteiger partial charge in [0, 0.05) is 42.7 Å². The molecule has 2 heterocycles. The van der Waals surface area contributed by atoms with Gasteiger partial charge in [-0.05, 0) is 59.3 Å². The first kappa shape index (κ1) is 27.0. The van der Waals surface area contributed by atoms with Gasteiger partial charge in [0.2, 0.25) is 0 Å². The van der Waals surface area contributed by atoms with Gasteiger partial charge in [-0.25, -0.2) is 0 Å². The van der Waals surface area contributed by atoms with E-state index in [0.717, 1.165) is 38.2 Å². The van der Waals surface area contributed by atoms with E-state index in [1.807, 2.05) is 0 Å². The number of para-hydroxylation sites is 1. The van der Waals surface area contributed by atoms with Gasteiger partial charge in [-0.15, -0.1) is 0 Å². The zero-order valence-corrected chi connectivity index (χ0v) is 22.9. The number of hydrogen-bond acceptors (Lipinski definition) is 5. The summed E-state index contributed by atoms with van der Waals surface area (Å²) in [4.78, 5) is 1.85. The van der Waals surface area contributed by atoms with Crippen LogP contribution < -0.4 is 0 Å².